The Morgan fingerprint density at radius 3 is 2.07 bits per heavy atom. The van der Waals surface area contributed by atoms with Crippen LogP contribution in [0.15, 0.2) is 53.6 Å². The van der Waals surface area contributed by atoms with Gasteiger partial charge in [0, 0.05) is 17.1 Å². The van der Waals surface area contributed by atoms with Gasteiger partial charge in [0.25, 0.3) is 0 Å². The first-order valence-electron chi connectivity index (χ1n) is 9.67. The third-order valence-electron chi connectivity index (χ3n) is 4.04. The lowest BCUT2D eigenvalue weighted by atomic mass is 10.1. The SMILES string of the molecule is CCOc1ccc(NC(=O)C/C(C)=N\NC(=O)C(=O)Nc2ccc(CC)cc2)cc1. The summed E-state index contributed by atoms with van der Waals surface area (Å²) in [5.74, 6) is -1.33. The largest absolute Gasteiger partial charge is 0.494 e. The second kappa shape index (κ2) is 11.4. The van der Waals surface area contributed by atoms with Gasteiger partial charge in [0.2, 0.25) is 5.91 Å². The number of aryl methyl sites for hydroxylation is 1. The fraction of sp³-hybridized carbons (Fsp3) is 0.273. The van der Waals surface area contributed by atoms with Crippen molar-refractivity contribution in [1.82, 2.24) is 5.43 Å². The average Bonchev–Trinajstić information content (AvgIpc) is 2.74. The van der Waals surface area contributed by atoms with E-state index in [2.05, 4.69) is 21.2 Å². The van der Waals surface area contributed by atoms with Crippen LogP contribution in [-0.4, -0.2) is 30.0 Å². The van der Waals surface area contributed by atoms with Crippen molar-refractivity contribution in [3.8, 4) is 5.75 Å². The van der Waals surface area contributed by atoms with E-state index in [0.29, 0.717) is 23.7 Å². The summed E-state index contributed by atoms with van der Waals surface area (Å²) in [6.07, 6.45) is 0.850. The van der Waals surface area contributed by atoms with Crippen LogP contribution < -0.4 is 20.8 Å². The van der Waals surface area contributed by atoms with E-state index in [0.717, 1.165) is 17.7 Å². The number of rotatable bonds is 8. The minimum Gasteiger partial charge on any atom is -0.494 e. The normalized spacial score (nSPS) is 10.8. The van der Waals surface area contributed by atoms with Gasteiger partial charge in [-0.25, -0.2) is 5.43 Å². The Morgan fingerprint density at radius 2 is 1.47 bits per heavy atom. The molecule has 158 valence electrons. The zero-order valence-electron chi connectivity index (χ0n) is 17.3. The predicted molar refractivity (Wildman–Crippen MR) is 117 cm³/mol. The zero-order valence-corrected chi connectivity index (χ0v) is 17.3. The molecule has 2 aromatic carbocycles. The summed E-state index contributed by atoms with van der Waals surface area (Å²) in [6, 6.07) is 14.2. The summed E-state index contributed by atoms with van der Waals surface area (Å²) in [4.78, 5) is 35.9. The molecule has 2 rings (SSSR count). The molecule has 0 saturated heterocycles. The number of benzene rings is 2. The first-order valence-corrected chi connectivity index (χ1v) is 9.67. The molecule has 0 atom stereocenters. The van der Waals surface area contributed by atoms with E-state index in [9.17, 15) is 14.4 Å². The topological polar surface area (TPSA) is 109 Å². The molecule has 3 N–H and O–H groups in total. The minimum absolute atomic E-state index is 0.0341. The summed E-state index contributed by atoms with van der Waals surface area (Å²) in [5.41, 5.74) is 4.77. The number of nitrogens with one attached hydrogen (secondary N) is 3. The Bertz CT molecular complexity index is 906. The van der Waals surface area contributed by atoms with Crippen molar-refractivity contribution in [2.75, 3.05) is 17.2 Å². The summed E-state index contributed by atoms with van der Waals surface area (Å²) in [5, 5.41) is 9.03. The van der Waals surface area contributed by atoms with Crippen LogP contribution in [0, 0.1) is 0 Å². The fourth-order valence-corrected chi connectivity index (χ4v) is 2.49. The van der Waals surface area contributed by atoms with E-state index in [-0.39, 0.29) is 12.3 Å². The highest BCUT2D eigenvalue weighted by molar-refractivity contribution is 6.39. The van der Waals surface area contributed by atoms with Gasteiger partial charge in [0.15, 0.2) is 0 Å². The maximum Gasteiger partial charge on any atom is 0.329 e. The monoisotopic (exact) mass is 410 g/mol. The third kappa shape index (κ3) is 7.38. The van der Waals surface area contributed by atoms with E-state index in [4.69, 9.17) is 4.74 Å². The van der Waals surface area contributed by atoms with Crippen molar-refractivity contribution < 1.29 is 19.1 Å². The smallest absolute Gasteiger partial charge is 0.329 e. The average molecular weight is 410 g/mol. The number of anilines is 2. The molecule has 0 aromatic heterocycles. The number of nitrogens with zero attached hydrogens (tertiary/aromatic N) is 1. The van der Waals surface area contributed by atoms with Gasteiger partial charge < -0.3 is 15.4 Å². The Hall–Kier alpha value is -3.68. The molecule has 0 unspecified atom stereocenters. The number of carbonyl (C=O) groups excluding carboxylic acids is 3. The highest BCUT2D eigenvalue weighted by Gasteiger charge is 2.13. The number of ether oxygens (including phenoxy) is 1. The quantitative estimate of drug-likeness (QED) is 0.353. The third-order valence-corrected chi connectivity index (χ3v) is 4.04. The van der Waals surface area contributed by atoms with Crippen LogP contribution in [0.4, 0.5) is 11.4 Å². The predicted octanol–water partition coefficient (Wildman–Crippen LogP) is 3.11. The molecule has 30 heavy (non-hydrogen) atoms. The van der Waals surface area contributed by atoms with Gasteiger partial charge in [-0.05, 0) is 62.2 Å². The molecule has 3 amide bonds. The van der Waals surface area contributed by atoms with Gasteiger partial charge in [0.1, 0.15) is 5.75 Å². The van der Waals surface area contributed by atoms with Crippen LogP contribution in [-0.2, 0) is 20.8 Å². The number of carbonyl (C=O) groups is 3. The van der Waals surface area contributed by atoms with E-state index < -0.39 is 11.8 Å². The Balaban J connectivity index is 1.80. The van der Waals surface area contributed by atoms with Crippen LogP contribution in [0.25, 0.3) is 0 Å². The van der Waals surface area contributed by atoms with Gasteiger partial charge in [-0.15, -0.1) is 0 Å². The van der Waals surface area contributed by atoms with E-state index in [1.54, 1.807) is 43.3 Å². The van der Waals surface area contributed by atoms with Crippen LogP contribution in [0.2, 0.25) is 0 Å². The Labute approximate surface area is 175 Å². The van der Waals surface area contributed by atoms with Gasteiger partial charge in [-0.2, -0.15) is 5.10 Å². The highest BCUT2D eigenvalue weighted by atomic mass is 16.5. The molecular weight excluding hydrogens is 384 g/mol. The summed E-state index contributed by atoms with van der Waals surface area (Å²) < 4.78 is 5.35. The number of amides is 3. The minimum atomic E-state index is -0.916. The highest BCUT2D eigenvalue weighted by Crippen LogP contribution is 2.15. The molecule has 2 aromatic rings. The van der Waals surface area contributed by atoms with Crippen molar-refractivity contribution in [2.24, 2.45) is 5.10 Å². The molecule has 0 aliphatic carbocycles. The van der Waals surface area contributed by atoms with Crippen LogP contribution >= 0.6 is 0 Å². The van der Waals surface area contributed by atoms with Crippen molar-refractivity contribution in [2.45, 2.75) is 33.6 Å². The Morgan fingerprint density at radius 1 is 0.867 bits per heavy atom. The summed E-state index contributed by atoms with van der Waals surface area (Å²) in [6.45, 7) is 6.07. The molecule has 0 bridgehead atoms. The van der Waals surface area contributed by atoms with E-state index in [1.807, 2.05) is 26.0 Å². The van der Waals surface area contributed by atoms with Gasteiger partial charge in [0.05, 0.1) is 13.0 Å². The lowest BCUT2D eigenvalue weighted by molar-refractivity contribution is -0.136. The first kappa shape index (κ1) is 22.6. The second-order valence-electron chi connectivity index (χ2n) is 6.47. The van der Waals surface area contributed by atoms with Crippen LogP contribution in [0.3, 0.4) is 0 Å². The number of hydrogen-bond donors (Lipinski definition) is 3. The van der Waals surface area contributed by atoms with Crippen molar-refractivity contribution in [3.63, 3.8) is 0 Å². The second-order valence-corrected chi connectivity index (χ2v) is 6.47. The molecule has 0 heterocycles. The van der Waals surface area contributed by atoms with Gasteiger partial charge in [-0.1, -0.05) is 19.1 Å². The van der Waals surface area contributed by atoms with Gasteiger partial charge >= 0.3 is 11.8 Å². The molecule has 0 fully saturated rings. The molecule has 0 radical (unpaired) electrons. The Kier molecular flexibility index (Phi) is 8.56. The van der Waals surface area contributed by atoms with Crippen LogP contribution in [0.5, 0.6) is 5.75 Å². The molecule has 0 aliphatic rings. The maximum atomic E-state index is 12.1. The lowest BCUT2D eigenvalue weighted by Gasteiger charge is -2.07. The molecule has 0 saturated carbocycles. The van der Waals surface area contributed by atoms with Gasteiger partial charge in [-0.3, -0.25) is 14.4 Å². The lowest BCUT2D eigenvalue weighted by Crippen LogP contribution is -2.33. The zero-order chi connectivity index (χ0) is 21.9. The van der Waals surface area contributed by atoms with Crippen molar-refractivity contribution >= 4 is 34.8 Å². The summed E-state index contributed by atoms with van der Waals surface area (Å²) in [7, 11) is 0. The van der Waals surface area contributed by atoms with Crippen molar-refractivity contribution in [3.05, 3.63) is 54.1 Å². The molecule has 0 aliphatic heterocycles. The molecule has 8 nitrogen and oxygen atoms in total. The fourth-order valence-electron chi connectivity index (χ4n) is 2.49. The number of hydrogen-bond acceptors (Lipinski definition) is 5. The first-order chi connectivity index (χ1) is 14.4. The van der Waals surface area contributed by atoms with Crippen molar-refractivity contribution in [1.29, 1.82) is 0 Å². The maximum absolute atomic E-state index is 12.1. The van der Waals surface area contributed by atoms with Crippen LogP contribution in [0.1, 0.15) is 32.8 Å². The molecular formula is C22H26N4O4. The molecule has 8 heteroatoms. The summed E-state index contributed by atoms with van der Waals surface area (Å²) >= 11 is 0. The number of hydrazone groups is 1. The van der Waals surface area contributed by atoms with E-state index in [1.165, 1.54) is 0 Å². The molecule has 0 spiro atoms. The van der Waals surface area contributed by atoms with E-state index >= 15 is 0 Å². The standard InChI is InChI=1S/C22H26N4O4/c1-4-16-6-8-18(9-7-16)24-21(28)22(29)26-25-15(3)14-20(27)23-17-10-12-19(13-11-17)30-5-2/h6-13H,4-5,14H2,1-3H3,(H,23,27)(H,24,28)(H,26,29)/b25-15-.